The standard InChI is InChI=1S/C11H20N4O/c1-11(2,3)14-10(16)8-12-4-6-15-7-5-13-9-15/h5,7,9,12H,4,6,8H2,1-3H3,(H,14,16). The SMILES string of the molecule is CC(C)(C)NC(=O)CNCCn1ccnc1. The predicted octanol–water partition coefficient (Wildman–Crippen LogP) is 0.387. The summed E-state index contributed by atoms with van der Waals surface area (Å²) in [5.41, 5.74) is -0.164. The van der Waals surface area contributed by atoms with Crippen molar-refractivity contribution in [3.63, 3.8) is 0 Å². The van der Waals surface area contributed by atoms with Gasteiger partial charge in [-0.25, -0.2) is 4.98 Å². The lowest BCUT2D eigenvalue weighted by Crippen LogP contribution is -2.45. The van der Waals surface area contributed by atoms with E-state index in [1.54, 1.807) is 12.5 Å². The molecule has 1 heterocycles. The van der Waals surface area contributed by atoms with Crippen molar-refractivity contribution in [1.29, 1.82) is 0 Å². The molecule has 16 heavy (non-hydrogen) atoms. The molecule has 1 amide bonds. The van der Waals surface area contributed by atoms with Crippen molar-refractivity contribution >= 4 is 5.91 Å². The lowest BCUT2D eigenvalue weighted by molar-refractivity contribution is -0.121. The fraction of sp³-hybridized carbons (Fsp3) is 0.636. The van der Waals surface area contributed by atoms with Crippen LogP contribution in [0.15, 0.2) is 18.7 Å². The van der Waals surface area contributed by atoms with Crippen LogP contribution in [0.25, 0.3) is 0 Å². The van der Waals surface area contributed by atoms with Gasteiger partial charge in [-0.05, 0) is 20.8 Å². The van der Waals surface area contributed by atoms with E-state index < -0.39 is 0 Å². The molecular formula is C11H20N4O. The van der Waals surface area contributed by atoms with Crippen LogP contribution in [-0.2, 0) is 11.3 Å². The summed E-state index contributed by atoms with van der Waals surface area (Å²) in [4.78, 5) is 15.4. The molecule has 0 aromatic carbocycles. The van der Waals surface area contributed by atoms with Crippen LogP contribution in [-0.4, -0.2) is 34.1 Å². The summed E-state index contributed by atoms with van der Waals surface area (Å²) in [6, 6.07) is 0. The molecule has 1 aromatic heterocycles. The minimum absolute atomic E-state index is 0.0260. The smallest absolute Gasteiger partial charge is 0.234 e. The Morgan fingerprint density at radius 1 is 1.44 bits per heavy atom. The molecule has 5 nitrogen and oxygen atoms in total. The Hall–Kier alpha value is -1.36. The third kappa shape index (κ3) is 5.50. The second-order valence-electron chi connectivity index (χ2n) is 4.78. The van der Waals surface area contributed by atoms with Gasteiger partial charge in [-0.2, -0.15) is 0 Å². The summed E-state index contributed by atoms with van der Waals surface area (Å²) in [5.74, 6) is 0.0260. The van der Waals surface area contributed by atoms with Gasteiger partial charge in [0, 0.05) is 31.0 Å². The van der Waals surface area contributed by atoms with E-state index in [4.69, 9.17) is 0 Å². The van der Waals surface area contributed by atoms with Gasteiger partial charge in [-0.3, -0.25) is 4.79 Å². The molecule has 0 unspecified atom stereocenters. The number of carbonyl (C=O) groups excluding carboxylic acids is 1. The Bertz CT molecular complexity index is 313. The summed E-state index contributed by atoms with van der Waals surface area (Å²) in [5, 5.41) is 5.98. The molecule has 0 atom stereocenters. The summed E-state index contributed by atoms with van der Waals surface area (Å²) >= 11 is 0. The van der Waals surface area contributed by atoms with Crippen molar-refractivity contribution < 1.29 is 4.79 Å². The third-order valence-corrected chi connectivity index (χ3v) is 1.91. The maximum atomic E-state index is 11.4. The average Bonchev–Trinajstić information content (AvgIpc) is 2.62. The number of nitrogens with zero attached hydrogens (tertiary/aromatic N) is 2. The predicted molar refractivity (Wildman–Crippen MR) is 63.0 cm³/mol. The van der Waals surface area contributed by atoms with E-state index >= 15 is 0 Å². The maximum absolute atomic E-state index is 11.4. The van der Waals surface area contributed by atoms with Crippen molar-refractivity contribution in [2.24, 2.45) is 0 Å². The van der Waals surface area contributed by atoms with Gasteiger partial charge in [0.05, 0.1) is 12.9 Å². The molecule has 0 aliphatic heterocycles. The van der Waals surface area contributed by atoms with Crippen molar-refractivity contribution in [2.75, 3.05) is 13.1 Å². The van der Waals surface area contributed by atoms with Gasteiger partial charge in [-0.1, -0.05) is 0 Å². The van der Waals surface area contributed by atoms with Gasteiger partial charge in [-0.15, -0.1) is 0 Å². The molecule has 1 rings (SSSR count). The number of nitrogens with one attached hydrogen (secondary N) is 2. The third-order valence-electron chi connectivity index (χ3n) is 1.91. The summed E-state index contributed by atoms with van der Waals surface area (Å²) in [7, 11) is 0. The highest BCUT2D eigenvalue weighted by Crippen LogP contribution is 1.96. The number of amides is 1. The molecule has 0 radical (unpaired) electrons. The molecule has 0 saturated heterocycles. The Balaban J connectivity index is 2.09. The van der Waals surface area contributed by atoms with Crippen LogP contribution in [0.5, 0.6) is 0 Å². The average molecular weight is 224 g/mol. The van der Waals surface area contributed by atoms with Gasteiger partial charge in [0.25, 0.3) is 0 Å². The summed E-state index contributed by atoms with van der Waals surface area (Å²) in [6.45, 7) is 7.84. The van der Waals surface area contributed by atoms with Gasteiger partial charge >= 0.3 is 0 Å². The molecule has 5 heteroatoms. The number of carbonyl (C=O) groups is 1. The monoisotopic (exact) mass is 224 g/mol. The molecule has 0 fully saturated rings. The quantitative estimate of drug-likeness (QED) is 0.711. The van der Waals surface area contributed by atoms with Crippen molar-refractivity contribution in [3.05, 3.63) is 18.7 Å². The highest BCUT2D eigenvalue weighted by atomic mass is 16.2. The first-order chi connectivity index (χ1) is 7.47. The Morgan fingerprint density at radius 3 is 2.75 bits per heavy atom. The fourth-order valence-corrected chi connectivity index (χ4v) is 1.29. The number of hydrogen-bond donors (Lipinski definition) is 2. The van der Waals surface area contributed by atoms with E-state index in [2.05, 4.69) is 15.6 Å². The highest BCUT2D eigenvalue weighted by molar-refractivity contribution is 5.78. The molecule has 0 bridgehead atoms. The lowest BCUT2D eigenvalue weighted by atomic mass is 10.1. The molecular weight excluding hydrogens is 204 g/mol. The van der Waals surface area contributed by atoms with E-state index in [1.165, 1.54) is 0 Å². The summed E-state index contributed by atoms with van der Waals surface area (Å²) < 4.78 is 1.97. The first-order valence-corrected chi connectivity index (χ1v) is 5.45. The van der Waals surface area contributed by atoms with E-state index in [-0.39, 0.29) is 11.4 Å². The zero-order valence-corrected chi connectivity index (χ0v) is 10.2. The molecule has 90 valence electrons. The van der Waals surface area contributed by atoms with E-state index in [1.807, 2.05) is 31.5 Å². The molecule has 0 aliphatic carbocycles. The largest absolute Gasteiger partial charge is 0.350 e. The van der Waals surface area contributed by atoms with E-state index in [0.717, 1.165) is 13.1 Å². The van der Waals surface area contributed by atoms with Crippen molar-refractivity contribution in [3.8, 4) is 0 Å². The van der Waals surface area contributed by atoms with Gasteiger partial charge in [0.15, 0.2) is 0 Å². The normalized spacial score (nSPS) is 11.4. The first kappa shape index (κ1) is 12.7. The summed E-state index contributed by atoms with van der Waals surface area (Å²) in [6.07, 6.45) is 5.40. The zero-order chi connectivity index (χ0) is 12.0. The Morgan fingerprint density at radius 2 is 2.19 bits per heavy atom. The minimum Gasteiger partial charge on any atom is -0.350 e. The first-order valence-electron chi connectivity index (χ1n) is 5.45. The lowest BCUT2D eigenvalue weighted by Gasteiger charge is -2.20. The number of hydrogen-bond acceptors (Lipinski definition) is 3. The Kier molecular flexibility index (Phi) is 4.49. The van der Waals surface area contributed by atoms with Crippen LogP contribution in [0.1, 0.15) is 20.8 Å². The number of aromatic nitrogens is 2. The van der Waals surface area contributed by atoms with Crippen molar-refractivity contribution in [2.45, 2.75) is 32.9 Å². The van der Waals surface area contributed by atoms with Crippen LogP contribution in [0.4, 0.5) is 0 Å². The molecule has 0 spiro atoms. The molecule has 0 saturated carbocycles. The molecule has 2 N–H and O–H groups in total. The van der Waals surface area contributed by atoms with Gasteiger partial charge in [0.2, 0.25) is 5.91 Å². The van der Waals surface area contributed by atoms with Crippen LogP contribution < -0.4 is 10.6 Å². The van der Waals surface area contributed by atoms with Crippen LogP contribution in [0.3, 0.4) is 0 Å². The van der Waals surface area contributed by atoms with E-state index in [9.17, 15) is 4.79 Å². The minimum atomic E-state index is -0.164. The van der Waals surface area contributed by atoms with Crippen LogP contribution in [0.2, 0.25) is 0 Å². The highest BCUT2D eigenvalue weighted by Gasteiger charge is 2.12. The van der Waals surface area contributed by atoms with Gasteiger partial charge in [0.1, 0.15) is 0 Å². The zero-order valence-electron chi connectivity index (χ0n) is 10.2. The second kappa shape index (κ2) is 5.65. The van der Waals surface area contributed by atoms with Gasteiger partial charge < -0.3 is 15.2 Å². The van der Waals surface area contributed by atoms with Crippen molar-refractivity contribution in [1.82, 2.24) is 20.2 Å². The van der Waals surface area contributed by atoms with Crippen LogP contribution in [0, 0.1) is 0 Å². The van der Waals surface area contributed by atoms with Crippen LogP contribution >= 0.6 is 0 Å². The molecule has 0 aliphatic rings. The fourth-order valence-electron chi connectivity index (χ4n) is 1.29. The van der Waals surface area contributed by atoms with E-state index in [0.29, 0.717) is 6.54 Å². The Labute approximate surface area is 96.3 Å². The number of rotatable bonds is 5. The molecule has 1 aromatic rings. The maximum Gasteiger partial charge on any atom is 0.234 e. The number of imidazole rings is 1. The second-order valence-corrected chi connectivity index (χ2v) is 4.78. The topological polar surface area (TPSA) is 59.0 Å².